The zero-order valence-corrected chi connectivity index (χ0v) is 11.1. The second kappa shape index (κ2) is 5.40. The molecule has 1 aromatic carbocycles. The maximum Gasteiger partial charge on any atom is 0.246 e. The third kappa shape index (κ3) is 2.61. The molecular formula is C14H18N2O3. The number of hydrogen-bond acceptors (Lipinski definition) is 4. The third-order valence-corrected chi connectivity index (χ3v) is 3.50. The van der Waals surface area contributed by atoms with Crippen LogP contribution in [0.1, 0.15) is 31.4 Å². The highest BCUT2D eigenvalue weighted by Gasteiger charge is 2.37. The van der Waals surface area contributed by atoms with E-state index in [4.69, 9.17) is 0 Å². The van der Waals surface area contributed by atoms with E-state index in [1.807, 2.05) is 19.1 Å². The molecule has 102 valence electrons. The van der Waals surface area contributed by atoms with E-state index in [1.54, 1.807) is 12.1 Å². The highest BCUT2D eigenvalue weighted by atomic mass is 16.3. The molecule has 0 aromatic heterocycles. The van der Waals surface area contributed by atoms with E-state index in [-0.39, 0.29) is 30.0 Å². The monoisotopic (exact) mass is 262 g/mol. The van der Waals surface area contributed by atoms with E-state index in [1.165, 1.54) is 7.05 Å². The number of phenolic OH excluding ortho intramolecular Hbond substituents is 1. The van der Waals surface area contributed by atoms with Crippen molar-refractivity contribution in [3.63, 3.8) is 0 Å². The van der Waals surface area contributed by atoms with Crippen molar-refractivity contribution in [1.82, 2.24) is 10.2 Å². The molecule has 0 aliphatic carbocycles. The molecule has 1 heterocycles. The number of rotatable bonds is 4. The second-order valence-corrected chi connectivity index (χ2v) is 4.73. The van der Waals surface area contributed by atoms with Crippen LogP contribution < -0.4 is 5.32 Å². The fourth-order valence-corrected chi connectivity index (χ4v) is 2.34. The number of para-hydroxylation sites is 1. The van der Waals surface area contributed by atoms with Gasteiger partial charge in [0.2, 0.25) is 11.8 Å². The lowest BCUT2D eigenvalue weighted by Gasteiger charge is -2.21. The molecule has 0 saturated carbocycles. The van der Waals surface area contributed by atoms with Gasteiger partial charge < -0.3 is 5.11 Å². The first-order valence-corrected chi connectivity index (χ1v) is 6.39. The Kier molecular flexibility index (Phi) is 3.85. The Hall–Kier alpha value is -1.88. The lowest BCUT2D eigenvalue weighted by molar-refractivity contribution is -0.137. The Morgan fingerprint density at radius 1 is 1.42 bits per heavy atom. The van der Waals surface area contributed by atoms with Gasteiger partial charge in [-0.25, -0.2) is 0 Å². The summed E-state index contributed by atoms with van der Waals surface area (Å²) in [5.74, 6) is -0.180. The van der Waals surface area contributed by atoms with Gasteiger partial charge in [-0.3, -0.25) is 19.8 Å². The van der Waals surface area contributed by atoms with Crippen LogP contribution in [0.15, 0.2) is 24.3 Å². The number of aromatic hydroxyl groups is 1. The average Bonchev–Trinajstić information content (AvgIpc) is 2.64. The van der Waals surface area contributed by atoms with Crippen molar-refractivity contribution in [2.75, 3.05) is 7.05 Å². The quantitative estimate of drug-likeness (QED) is 0.800. The highest BCUT2D eigenvalue weighted by Crippen LogP contribution is 2.27. The molecule has 1 aromatic rings. The van der Waals surface area contributed by atoms with Crippen molar-refractivity contribution in [3.8, 4) is 5.75 Å². The van der Waals surface area contributed by atoms with Gasteiger partial charge in [0.1, 0.15) is 5.75 Å². The maximum absolute atomic E-state index is 11.9. The molecule has 19 heavy (non-hydrogen) atoms. The molecule has 5 nitrogen and oxygen atoms in total. The van der Waals surface area contributed by atoms with E-state index in [9.17, 15) is 14.7 Å². The normalized spacial score (nSPS) is 20.9. The minimum atomic E-state index is -0.498. The van der Waals surface area contributed by atoms with E-state index in [0.29, 0.717) is 0 Å². The number of nitrogens with zero attached hydrogens (tertiary/aromatic N) is 1. The molecule has 1 fully saturated rings. The number of likely N-dealkylation sites (N-methyl/N-ethyl adjacent to an activating group) is 1. The van der Waals surface area contributed by atoms with Crippen LogP contribution in [0.2, 0.25) is 0 Å². The summed E-state index contributed by atoms with van der Waals surface area (Å²) in [7, 11) is 1.49. The Labute approximate surface area is 112 Å². The van der Waals surface area contributed by atoms with Gasteiger partial charge >= 0.3 is 0 Å². The number of benzene rings is 1. The maximum atomic E-state index is 11.9. The number of nitrogens with one attached hydrogen (secondary N) is 1. The summed E-state index contributed by atoms with van der Waals surface area (Å²) in [6.07, 6.45) is 0.901. The van der Waals surface area contributed by atoms with Crippen LogP contribution in [0.3, 0.4) is 0 Å². The Balaban J connectivity index is 2.15. The van der Waals surface area contributed by atoms with Crippen LogP contribution in [0.25, 0.3) is 0 Å². The topological polar surface area (TPSA) is 69.6 Å². The first kappa shape index (κ1) is 13.5. The van der Waals surface area contributed by atoms with Gasteiger partial charge in [-0.05, 0) is 12.5 Å². The molecule has 5 heteroatoms. The van der Waals surface area contributed by atoms with Gasteiger partial charge in [-0.15, -0.1) is 0 Å². The predicted octanol–water partition coefficient (Wildman–Crippen LogP) is 1.19. The van der Waals surface area contributed by atoms with E-state index >= 15 is 0 Å². The number of hydrogen-bond donors (Lipinski definition) is 2. The highest BCUT2D eigenvalue weighted by molar-refractivity contribution is 6.05. The molecule has 2 unspecified atom stereocenters. The van der Waals surface area contributed by atoms with Crippen LogP contribution in [0.5, 0.6) is 5.75 Å². The fraction of sp³-hybridized carbons (Fsp3) is 0.429. The number of carbonyl (C=O) groups is 2. The molecular weight excluding hydrogens is 244 g/mol. The average molecular weight is 262 g/mol. The number of phenols is 1. The van der Waals surface area contributed by atoms with E-state index in [0.717, 1.165) is 16.9 Å². The molecule has 0 spiro atoms. The van der Waals surface area contributed by atoms with Crippen LogP contribution in [-0.2, 0) is 9.59 Å². The van der Waals surface area contributed by atoms with Crippen molar-refractivity contribution >= 4 is 11.8 Å². The lowest BCUT2D eigenvalue weighted by atomic mass is 10.0. The Bertz CT molecular complexity index is 501. The summed E-state index contributed by atoms with van der Waals surface area (Å²) in [6.45, 7) is 1.97. The molecule has 1 saturated heterocycles. The second-order valence-electron chi connectivity index (χ2n) is 4.73. The standard InChI is InChI=1S/C14H18N2O3/c1-3-10(9-6-4-5-7-12(9)17)15-11-8-13(18)16(2)14(11)19/h4-7,10-11,15,17H,3,8H2,1-2H3. The molecule has 2 amide bonds. The fourth-order valence-electron chi connectivity index (χ4n) is 2.34. The first-order valence-electron chi connectivity index (χ1n) is 6.39. The smallest absolute Gasteiger partial charge is 0.246 e. The Morgan fingerprint density at radius 3 is 2.63 bits per heavy atom. The number of imide groups is 1. The minimum absolute atomic E-state index is 0.144. The summed E-state index contributed by atoms with van der Waals surface area (Å²) in [5.41, 5.74) is 0.750. The summed E-state index contributed by atoms with van der Waals surface area (Å²) in [6, 6.07) is 6.39. The zero-order chi connectivity index (χ0) is 14.0. The van der Waals surface area contributed by atoms with Gasteiger partial charge in [0, 0.05) is 18.7 Å². The number of amides is 2. The first-order chi connectivity index (χ1) is 9.04. The summed E-state index contributed by atoms with van der Waals surface area (Å²) in [5, 5.41) is 13.0. The number of carbonyl (C=O) groups excluding carboxylic acids is 2. The summed E-state index contributed by atoms with van der Waals surface area (Å²) in [4.78, 5) is 24.5. The summed E-state index contributed by atoms with van der Waals surface area (Å²) < 4.78 is 0. The van der Waals surface area contributed by atoms with Crippen molar-refractivity contribution < 1.29 is 14.7 Å². The molecule has 2 rings (SSSR count). The van der Waals surface area contributed by atoms with Crippen molar-refractivity contribution in [1.29, 1.82) is 0 Å². The number of likely N-dealkylation sites (tertiary alicyclic amines) is 1. The largest absolute Gasteiger partial charge is 0.508 e. The molecule has 0 radical (unpaired) electrons. The van der Waals surface area contributed by atoms with Gasteiger partial charge in [0.05, 0.1) is 12.5 Å². The van der Waals surface area contributed by atoms with Crippen LogP contribution >= 0.6 is 0 Å². The van der Waals surface area contributed by atoms with Gasteiger partial charge in [0.15, 0.2) is 0 Å². The zero-order valence-electron chi connectivity index (χ0n) is 11.1. The lowest BCUT2D eigenvalue weighted by Crippen LogP contribution is -2.39. The van der Waals surface area contributed by atoms with Crippen molar-refractivity contribution in [3.05, 3.63) is 29.8 Å². The molecule has 2 atom stereocenters. The van der Waals surface area contributed by atoms with Crippen LogP contribution in [0.4, 0.5) is 0 Å². The van der Waals surface area contributed by atoms with Gasteiger partial charge in [0.25, 0.3) is 0 Å². The molecule has 2 N–H and O–H groups in total. The van der Waals surface area contributed by atoms with Crippen LogP contribution in [0, 0.1) is 0 Å². The SMILES string of the molecule is CCC(NC1CC(=O)N(C)C1=O)c1ccccc1O. The molecule has 0 bridgehead atoms. The third-order valence-electron chi connectivity index (χ3n) is 3.50. The van der Waals surface area contributed by atoms with E-state index < -0.39 is 6.04 Å². The summed E-state index contributed by atoms with van der Waals surface area (Å²) >= 11 is 0. The molecule has 1 aliphatic heterocycles. The van der Waals surface area contributed by atoms with E-state index in [2.05, 4.69) is 5.32 Å². The molecule has 1 aliphatic rings. The van der Waals surface area contributed by atoms with Crippen molar-refractivity contribution in [2.45, 2.75) is 31.8 Å². The van der Waals surface area contributed by atoms with Crippen molar-refractivity contribution in [2.24, 2.45) is 0 Å². The minimum Gasteiger partial charge on any atom is -0.508 e. The van der Waals surface area contributed by atoms with Crippen LogP contribution in [-0.4, -0.2) is 34.9 Å². The van der Waals surface area contributed by atoms with Gasteiger partial charge in [-0.1, -0.05) is 25.1 Å². The van der Waals surface area contributed by atoms with Gasteiger partial charge in [-0.2, -0.15) is 0 Å². The Morgan fingerprint density at radius 2 is 2.11 bits per heavy atom. The predicted molar refractivity (Wildman–Crippen MR) is 70.5 cm³/mol.